The second-order valence-electron chi connectivity index (χ2n) is 3.74. The maximum Gasteiger partial charge on any atom is 0.245 e. The zero-order chi connectivity index (χ0) is 10.7. The van der Waals surface area contributed by atoms with Gasteiger partial charge in [-0.25, -0.2) is 4.39 Å². The Morgan fingerprint density at radius 1 is 1.57 bits per heavy atom. The second-order valence-corrected chi connectivity index (χ2v) is 3.74. The highest BCUT2D eigenvalue weighted by molar-refractivity contribution is 5.94. The molecule has 0 saturated carbocycles. The van der Waals surface area contributed by atoms with Crippen molar-refractivity contribution in [2.75, 3.05) is 19.8 Å². The number of carbonyl (C=O) groups is 2. The molecule has 0 bridgehead atoms. The van der Waals surface area contributed by atoms with Crippen molar-refractivity contribution in [3.05, 3.63) is 0 Å². The summed E-state index contributed by atoms with van der Waals surface area (Å²) in [5.41, 5.74) is 0. The van der Waals surface area contributed by atoms with Crippen molar-refractivity contribution in [2.24, 2.45) is 5.92 Å². The summed E-state index contributed by atoms with van der Waals surface area (Å²) in [6.07, 6.45) is 0. The van der Waals surface area contributed by atoms with Gasteiger partial charge in [0.25, 0.3) is 0 Å². The van der Waals surface area contributed by atoms with Crippen LogP contribution in [0.2, 0.25) is 0 Å². The summed E-state index contributed by atoms with van der Waals surface area (Å²) in [4.78, 5) is 24.1. The molecule has 1 fully saturated rings. The summed E-state index contributed by atoms with van der Waals surface area (Å²) in [6.45, 7) is 3.08. The lowest BCUT2D eigenvalue weighted by molar-refractivity contribution is -0.145. The molecular weight excluding hydrogens is 187 g/mol. The first kappa shape index (κ1) is 10.9. The van der Waals surface area contributed by atoms with Crippen LogP contribution in [0.5, 0.6) is 0 Å². The maximum atomic E-state index is 12.1. The zero-order valence-electron chi connectivity index (χ0n) is 8.42. The number of piperazine rings is 1. The van der Waals surface area contributed by atoms with Crippen LogP contribution in [0.3, 0.4) is 0 Å². The fourth-order valence-electron chi connectivity index (χ4n) is 1.47. The predicted octanol–water partition coefficient (Wildman–Crippen LogP) is -0.0611. The van der Waals surface area contributed by atoms with Gasteiger partial charge < -0.3 is 10.2 Å². The Hall–Kier alpha value is -1.13. The third kappa shape index (κ3) is 2.21. The predicted molar refractivity (Wildman–Crippen MR) is 49.3 cm³/mol. The second kappa shape index (κ2) is 4.39. The van der Waals surface area contributed by atoms with E-state index in [9.17, 15) is 14.0 Å². The number of halogens is 1. The van der Waals surface area contributed by atoms with Crippen molar-refractivity contribution in [2.45, 2.75) is 19.9 Å². The molecule has 0 radical (unpaired) electrons. The van der Waals surface area contributed by atoms with Crippen LogP contribution < -0.4 is 5.32 Å². The molecule has 1 N–H and O–H groups in total. The first-order valence-corrected chi connectivity index (χ1v) is 4.70. The lowest BCUT2D eigenvalue weighted by atomic mass is 10.0. The third-order valence-electron chi connectivity index (χ3n) is 2.25. The monoisotopic (exact) mass is 202 g/mol. The molecule has 1 rings (SSSR count). The van der Waals surface area contributed by atoms with Crippen LogP contribution in [0, 0.1) is 5.92 Å². The van der Waals surface area contributed by atoms with E-state index in [0.717, 1.165) is 0 Å². The normalized spacial score (nSPS) is 22.9. The highest BCUT2D eigenvalue weighted by Gasteiger charge is 2.33. The van der Waals surface area contributed by atoms with Crippen LogP contribution in [-0.4, -0.2) is 42.5 Å². The molecule has 1 unspecified atom stereocenters. The Balaban J connectivity index is 2.70. The number of amides is 2. The summed E-state index contributed by atoms with van der Waals surface area (Å²) < 4.78 is 12.1. The van der Waals surface area contributed by atoms with Gasteiger partial charge >= 0.3 is 0 Å². The first-order valence-electron chi connectivity index (χ1n) is 4.70. The zero-order valence-corrected chi connectivity index (χ0v) is 8.42. The number of nitrogens with zero attached hydrogens (tertiary/aromatic N) is 1. The molecule has 1 saturated heterocycles. The van der Waals surface area contributed by atoms with Gasteiger partial charge in [-0.05, 0) is 5.92 Å². The Morgan fingerprint density at radius 2 is 2.21 bits per heavy atom. The lowest BCUT2D eigenvalue weighted by Crippen LogP contribution is -2.60. The Morgan fingerprint density at radius 3 is 2.71 bits per heavy atom. The van der Waals surface area contributed by atoms with Gasteiger partial charge in [-0.2, -0.15) is 0 Å². The largest absolute Gasteiger partial charge is 0.343 e. The Bertz CT molecular complexity index is 243. The van der Waals surface area contributed by atoms with Crippen LogP contribution in [0.1, 0.15) is 13.8 Å². The third-order valence-corrected chi connectivity index (χ3v) is 2.25. The highest BCUT2D eigenvalue weighted by Crippen LogP contribution is 2.10. The van der Waals surface area contributed by atoms with Crippen molar-refractivity contribution >= 4 is 11.8 Å². The molecule has 0 aromatic carbocycles. The molecular formula is C9H15FN2O2. The van der Waals surface area contributed by atoms with Gasteiger partial charge in [-0.3, -0.25) is 9.59 Å². The van der Waals surface area contributed by atoms with Crippen molar-refractivity contribution in [3.63, 3.8) is 0 Å². The van der Waals surface area contributed by atoms with E-state index < -0.39 is 12.7 Å². The average molecular weight is 202 g/mol. The van der Waals surface area contributed by atoms with Gasteiger partial charge in [-0.1, -0.05) is 13.8 Å². The van der Waals surface area contributed by atoms with Crippen molar-refractivity contribution in [3.8, 4) is 0 Å². The standard InChI is InChI=1S/C9H15FN2O2/c1-6(2)8-9(14)12(4-3-10)5-7(13)11-8/h6,8H,3-5H2,1-2H3,(H,11,13). The summed E-state index contributed by atoms with van der Waals surface area (Å²) in [5.74, 6) is -0.358. The van der Waals surface area contributed by atoms with Gasteiger partial charge in [0.15, 0.2) is 0 Å². The smallest absolute Gasteiger partial charge is 0.245 e. The van der Waals surface area contributed by atoms with E-state index in [2.05, 4.69) is 5.32 Å². The SMILES string of the molecule is CC(C)C1NC(=O)CN(CCF)C1=O. The minimum absolute atomic E-state index is 0.00940. The number of alkyl halides is 1. The summed E-state index contributed by atoms with van der Waals surface area (Å²) in [6, 6.07) is -0.497. The highest BCUT2D eigenvalue weighted by atomic mass is 19.1. The van der Waals surface area contributed by atoms with E-state index in [1.54, 1.807) is 0 Å². The molecule has 1 heterocycles. The molecule has 4 nitrogen and oxygen atoms in total. The minimum Gasteiger partial charge on any atom is -0.343 e. The number of carbonyl (C=O) groups excluding carboxylic acids is 2. The van der Waals surface area contributed by atoms with E-state index >= 15 is 0 Å². The van der Waals surface area contributed by atoms with E-state index in [1.807, 2.05) is 13.8 Å². The number of hydrogen-bond acceptors (Lipinski definition) is 2. The molecule has 2 amide bonds. The van der Waals surface area contributed by atoms with Crippen LogP contribution in [0.25, 0.3) is 0 Å². The summed E-state index contributed by atoms with van der Waals surface area (Å²) in [5, 5.41) is 2.60. The molecule has 5 heteroatoms. The van der Waals surface area contributed by atoms with E-state index in [-0.39, 0.29) is 30.8 Å². The average Bonchev–Trinajstić information content (AvgIpc) is 2.10. The molecule has 80 valence electrons. The molecule has 0 aromatic heterocycles. The van der Waals surface area contributed by atoms with Gasteiger partial charge in [0, 0.05) is 6.54 Å². The molecule has 0 aliphatic carbocycles. The van der Waals surface area contributed by atoms with E-state index in [0.29, 0.717) is 0 Å². The number of hydrogen-bond donors (Lipinski definition) is 1. The van der Waals surface area contributed by atoms with Gasteiger partial charge in [0.05, 0.1) is 6.54 Å². The summed E-state index contributed by atoms with van der Waals surface area (Å²) >= 11 is 0. The van der Waals surface area contributed by atoms with Crippen LogP contribution >= 0.6 is 0 Å². The summed E-state index contributed by atoms with van der Waals surface area (Å²) in [7, 11) is 0. The topological polar surface area (TPSA) is 49.4 Å². The molecule has 1 aliphatic rings. The number of rotatable bonds is 3. The Kier molecular flexibility index (Phi) is 3.43. The fourth-order valence-corrected chi connectivity index (χ4v) is 1.47. The van der Waals surface area contributed by atoms with Crippen molar-refractivity contribution in [1.82, 2.24) is 10.2 Å². The van der Waals surface area contributed by atoms with Gasteiger partial charge in [-0.15, -0.1) is 0 Å². The van der Waals surface area contributed by atoms with Crippen LogP contribution in [0.15, 0.2) is 0 Å². The fraction of sp³-hybridized carbons (Fsp3) is 0.778. The van der Waals surface area contributed by atoms with Crippen molar-refractivity contribution < 1.29 is 14.0 Å². The van der Waals surface area contributed by atoms with E-state index in [4.69, 9.17) is 0 Å². The first-order chi connectivity index (χ1) is 6.56. The van der Waals surface area contributed by atoms with Crippen LogP contribution in [0.4, 0.5) is 4.39 Å². The Labute approximate surface area is 82.5 Å². The van der Waals surface area contributed by atoms with E-state index in [1.165, 1.54) is 4.90 Å². The lowest BCUT2D eigenvalue weighted by Gasteiger charge is -2.33. The van der Waals surface area contributed by atoms with Gasteiger partial charge in [0.1, 0.15) is 12.7 Å². The molecule has 0 aromatic rings. The minimum atomic E-state index is -0.607. The van der Waals surface area contributed by atoms with Crippen LogP contribution in [-0.2, 0) is 9.59 Å². The molecule has 1 atom stereocenters. The quantitative estimate of drug-likeness (QED) is 0.697. The van der Waals surface area contributed by atoms with Gasteiger partial charge in [0.2, 0.25) is 11.8 Å². The van der Waals surface area contributed by atoms with Crippen molar-refractivity contribution in [1.29, 1.82) is 0 Å². The molecule has 0 spiro atoms. The molecule has 1 aliphatic heterocycles. The maximum absolute atomic E-state index is 12.1. The molecule has 14 heavy (non-hydrogen) atoms. The number of nitrogens with one attached hydrogen (secondary N) is 1.